The zero-order valence-electron chi connectivity index (χ0n) is 15.1. The van der Waals surface area contributed by atoms with Gasteiger partial charge in [-0.15, -0.1) is 0 Å². The fraction of sp³-hybridized carbons (Fsp3) is 0.368. The monoisotopic (exact) mass is 374 g/mol. The molecular formula is C19H26N4O2S. The molecule has 1 aliphatic heterocycles. The van der Waals surface area contributed by atoms with Crippen LogP contribution in [0.1, 0.15) is 11.1 Å². The molecule has 3 rings (SSSR count). The first-order chi connectivity index (χ1) is 12.4. The number of nitrogens with zero attached hydrogens (tertiary/aromatic N) is 2. The van der Waals surface area contributed by atoms with E-state index in [4.69, 9.17) is 5.14 Å². The summed E-state index contributed by atoms with van der Waals surface area (Å²) in [5.74, 6) is 0. The number of rotatable bonds is 6. The summed E-state index contributed by atoms with van der Waals surface area (Å²) in [6, 6.07) is 15.3. The van der Waals surface area contributed by atoms with Gasteiger partial charge in [0.05, 0.1) is 4.90 Å². The van der Waals surface area contributed by atoms with Gasteiger partial charge >= 0.3 is 0 Å². The Hall–Kier alpha value is -1.93. The van der Waals surface area contributed by atoms with Crippen LogP contribution in [-0.2, 0) is 23.1 Å². The summed E-state index contributed by atoms with van der Waals surface area (Å²) in [5.41, 5.74) is 3.36. The third kappa shape index (κ3) is 5.04. The minimum atomic E-state index is -3.66. The van der Waals surface area contributed by atoms with Gasteiger partial charge in [-0.2, -0.15) is 0 Å². The zero-order valence-corrected chi connectivity index (χ0v) is 15.9. The average molecular weight is 375 g/mol. The first kappa shape index (κ1) is 18.8. The molecule has 0 radical (unpaired) electrons. The van der Waals surface area contributed by atoms with Crippen LogP contribution in [-0.4, -0.2) is 46.5 Å². The topological polar surface area (TPSA) is 78.7 Å². The second-order valence-electron chi connectivity index (χ2n) is 6.75. The highest BCUT2D eigenvalue weighted by Gasteiger charge is 2.13. The second-order valence-corrected chi connectivity index (χ2v) is 8.31. The molecule has 1 saturated heterocycles. The van der Waals surface area contributed by atoms with Crippen LogP contribution in [0.5, 0.6) is 0 Å². The standard InChI is InChI=1S/C19H26N4O2S/c1-22-9-11-23(12-10-22)18-7-5-16(6-8-18)14-21-15-17-3-2-4-19(13-17)26(20,24)25/h2-8,13,21H,9-12,14-15H2,1H3,(H2,20,24,25). The molecule has 0 saturated carbocycles. The van der Waals surface area contributed by atoms with E-state index in [9.17, 15) is 8.42 Å². The number of hydrogen-bond donors (Lipinski definition) is 2. The Balaban J connectivity index is 1.52. The summed E-state index contributed by atoms with van der Waals surface area (Å²) >= 11 is 0. The molecule has 0 aliphatic carbocycles. The van der Waals surface area contributed by atoms with Crippen molar-refractivity contribution in [3.05, 3.63) is 59.7 Å². The molecule has 0 aromatic heterocycles. The van der Waals surface area contributed by atoms with Crippen LogP contribution < -0.4 is 15.4 Å². The number of piperazine rings is 1. The fourth-order valence-electron chi connectivity index (χ4n) is 3.07. The molecule has 6 nitrogen and oxygen atoms in total. The van der Waals surface area contributed by atoms with E-state index in [1.54, 1.807) is 12.1 Å². The summed E-state index contributed by atoms with van der Waals surface area (Å²) in [4.78, 5) is 4.91. The molecule has 0 spiro atoms. The Morgan fingerprint density at radius 3 is 2.27 bits per heavy atom. The van der Waals surface area contributed by atoms with Crippen LogP contribution in [0.2, 0.25) is 0 Å². The first-order valence-electron chi connectivity index (χ1n) is 8.77. The Morgan fingerprint density at radius 2 is 1.62 bits per heavy atom. The summed E-state index contributed by atoms with van der Waals surface area (Å²) in [6.45, 7) is 5.64. The maximum atomic E-state index is 11.4. The molecule has 140 valence electrons. The van der Waals surface area contributed by atoms with Gasteiger partial charge in [-0.05, 0) is 42.4 Å². The van der Waals surface area contributed by atoms with Crippen molar-refractivity contribution >= 4 is 15.7 Å². The van der Waals surface area contributed by atoms with Gasteiger partial charge in [0.1, 0.15) is 0 Å². The van der Waals surface area contributed by atoms with E-state index in [0.29, 0.717) is 6.54 Å². The van der Waals surface area contributed by atoms with Crippen LogP contribution in [0.15, 0.2) is 53.4 Å². The molecule has 1 aliphatic rings. The van der Waals surface area contributed by atoms with Gasteiger partial charge in [-0.25, -0.2) is 13.6 Å². The summed E-state index contributed by atoms with van der Waals surface area (Å²) in [6.07, 6.45) is 0. The first-order valence-corrected chi connectivity index (χ1v) is 10.3. The Morgan fingerprint density at radius 1 is 0.962 bits per heavy atom. The van der Waals surface area contributed by atoms with E-state index in [0.717, 1.165) is 38.3 Å². The summed E-state index contributed by atoms with van der Waals surface area (Å²) in [5, 5.41) is 8.52. The van der Waals surface area contributed by atoms with Crippen molar-refractivity contribution in [3.8, 4) is 0 Å². The Kier molecular flexibility index (Phi) is 5.93. The van der Waals surface area contributed by atoms with Gasteiger partial charge in [0, 0.05) is 45.0 Å². The maximum absolute atomic E-state index is 11.4. The summed E-state index contributed by atoms with van der Waals surface area (Å²) < 4.78 is 22.8. The molecule has 1 heterocycles. The molecule has 0 atom stereocenters. The summed E-state index contributed by atoms with van der Waals surface area (Å²) in [7, 11) is -1.50. The lowest BCUT2D eigenvalue weighted by Crippen LogP contribution is -2.44. The highest BCUT2D eigenvalue weighted by molar-refractivity contribution is 7.89. The quantitative estimate of drug-likeness (QED) is 0.799. The molecule has 26 heavy (non-hydrogen) atoms. The van der Waals surface area contributed by atoms with E-state index in [1.165, 1.54) is 17.3 Å². The number of likely N-dealkylation sites (N-methyl/N-ethyl adjacent to an activating group) is 1. The average Bonchev–Trinajstić information content (AvgIpc) is 2.63. The number of nitrogens with two attached hydrogens (primary N) is 1. The van der Waals surface area contributed by atoms with Gasteiger partial charge in [0.2, 0.25) is 10.0 Å². The highest BCUT2D eigenvalue weighted by atomic mass is 32.2. The molecular weight excluding hydrogens is 348 g/mol. The number of anilines is 1. The van der Waals surface area contributed by atoms with Gasteiger partial charge in [-0.3, -0.25) is 0 Å². The van der Waals surface area contributed by atoms with E-state index >= 15 is 0 Å². The second kappa shape index (κ2) is 8.18. The van der Waals surface area contributed by atoms with Crippen molar-refractivity contribution in [3.63, 3.8) is 0 Å². The van der Waals surface area contributed by atoms with Gasteiger partial charge in [0.15, 0.2) is 0 Å². The lowest BCUT2D eigenvalue weighted by molar-refractivity contribution is 0.313. The highest BCUT2D eigenvalue weighted by Crippen LogP contribution is 2.17. The molecule has 3 N–H and O–H groups in total. The van der Waals surface area contributed by atoms with Crippen LogP contribution in [0.4, 0.5) is 5.69 Å². The van der Waals surface area contributed by atoms with Crippen LogP contribution >= 0.6 is 0 Å². The number of hydrogen-bond acceptors (Lipinski definition) is 5. The Labute approximate surface area is 155 Å². The normalized spacial score (nSPS) is 16.0. The molecule has 0 amide bonds. The fourth-order valence-corrected chi connectivity index (χ4v) is 3.66. The van der Waals surface area contributed by atoms with Crippen molar-refractivity contribution in [2.45, 2.75) is 18.0 Å². The van der Waals surface area contributed by atoms with Crippen molar-refractivity contribution in [1.82, 2.24) is 10.2 Å². The maximum Gasteiger partial charge on any atom is 0.238 e. The molecule has 7 heteroatoms. The molecule has 0 unspecified atom stereocenters. The zero-order chi connectivity index (χ0) is 18.6. The van der Waals surface area contributed by atoms with E-state index in [2.05, 4.69) is 46.4 Å². The van der Waals surface area contributed by atoms with Gasteiger partial charge in [0.25, 0.3) is 0 Å². The van der Waals surface area contributed by atoms with E-state index in [-0.39, 0.29) is 4.90 Å². The van der Waals surface area contributed by atoms with Crippen LogP contribution in [0.25, 0.3) is 0 Å². The number of sulfonamides is 1. The Bertz CT molecular complexity index is 829. The molecule has 2 aromatic rings. The minimum absolute atomic E-state index is 0.147. The smallest absolute Gasteiger partial charge is 0.238 e. The largest absolute Gasteiger partial charge is 0.369 e. The number of nitrogens with one attached hydrogen (secondary N) is 1. The number of primary sulfonamides is 1. The van der Waals surface area contributed by atoms with Gasteiger partial charge < -0.3 is 15.1 Å². The predicted molar refractivity (Wildman–Crippen MR) is 105 cm³/mol. The minimum Gasteiger partial charge on any atom is -0.369 e. The van der Waals surface area contributed by atoms with E-state index < -0.39 is 10.0 Å². The SMILES string of the molecule is CN1CCN(c2ccc(CNCc3cccc(S(N)(=O)=O)c3)cc2)CC1. The van der Waals surface area contributed by atoms with Gasteiger partial charge in [-0.1, -0.05) is 24.3 Å². The molecule has 1 fully saturated rings. The van der Waals surface area contributed by atoms with Crippen molar-refractivity contribution in [1.29, 1.82) is 0 Å². The third-order valence-corrected chi connectivity index (χ3v) is 5.60. The predicted octanol–water partition coefficient (Wildman–Crippen LogP) is 1.38. The lowest BCUT2D eigenvalue weighted by atomic mass is 10.1. The molecule has 2 aromatic carbocycles. The van der Waals surface area contributed by atoms with Crippen molar-refractivity contribution < 1.29 is 8.42 Å². The lowest BCUT2D eigenvalue weighted by Gasteiger charge is -2.34. The van der Waals surface area contributed by atoms with Crippen molar-refractivity contribution in [2.75, 3.05) is 38.1 Å². The van der Waals surface area contributed by atoms with E-state index in [1.807, 2.05) is 6.07 Å². The van der Waals surface area contributed by atoms with Crippen molar-refractivity contribution in [2.24, 2.45) is 5.14 Å². The molecule has 0 bridgehead atoms. The van der Waals surface area contributed by atoms with Crippen LogP contribution in [0, 0.1) is 0 Å². The number of benzene rings is 2. The third-order valence-electron chi connectivity index (χ3n) is 4.69. The van der Waals surface area contributed by atoms with Crippen LogP contribution in [0.3, 0.4) is 0 Å².